The van der Waals surface area contributed by atoms with Crippen molar-refractivity contribution in [3.63, 3.8) is 0 Å². The van der Waals surface area contributed by atoms with Gasteiger partial charge in [-0.2, -0.15) is 0 Å². The van der Waals surface area contributed by atoms with E-state index in [1.165, 1.54) is 22.3 Å². The van der Waals surface area contributed by atoms with E-state index in [0.29, 0.717) is 6.04 Å². The number of nitrogens with zero attached hydrogens (tertiary/aromatic N) is 1. The maximum absolute atomic E-state index is 6.46. The fraction of sp³-hybridized carbons (Fsp3) is 0.294. The fourth-order valence-electron chi connectivity index (χ4n) is 3.53. The third-order valence-electron chi connectivity index (χ3n) is 4.49. The van der Waals surface area contributed by atoms with Gasteiger partial charge in [0.1, 0.15) is 0 Å². The van der Waals surface area contributed by atoms with Crippen molar-refractivity contribution in [2.45, 2.75) is 25.4 Å². The van der Waals surface area contributed by atoms with E-state index in [4.69, 9.17) is 11.6 Å². The van der Waals surface area contributed by atoms with Gasteiger partial charge in [-0.15, -0.1) is 0 Å². The van der Waals surface area contributed by atoms with Crippen molar-refractivity contribution in [1.29, 1.82) is 0 Å². The molecule has 0 spiro atoms. The van der Waals surface area contributed by atoms with Crippen LogP contribution in [0.2, 0.25) is 5.02 Å². The summed E-state index contributed by atoms with van der Waals surface area (Å²) in [4.78, 5) is 2.58. The second-order valence-corrected chi connectivity index (χ2v) is 5.93. The predicted octanol–water partition coefficient (Wildman–Crippen LogP) is 4.00. The van der Waals surface area contributed by atoms with E-state index in [-0.39, 0.29) is 0 Å². The topological polar surface area (TPSA) is 3.24 Å². The van der Waals surface area contributed by atoms with Gasteiger partial charge in [-0.05, 0) is 41.2 Å². The Labute approximate surface area is 118 Å². The third-order valence-corrected chi connectivity index (χ3v) is 4.82. The molecule has 2 heteroatoms. The van der Waals surface area contributed by atoms with Gasteiger partial charge >= 0.3 is 0 Å². The van der Waals surface area contributed by atoms with Crippen LogP contribution < -0.4 is 0 Å². The predicted molar refractivity (Wildman–Crippen MR) is 78.5 cm³/mol. The summed E-state index contributed by atoms with van der Waals surface area (Å²) in [5, 5.41) is 0.937. The lowest BCUT2D eigenvalue weighted by atomic mass is 9.84. The summed E-state index contributed by atoms with van der Waals surface area (Å²) in [6, 6.07) is 15.6. The summed E-state index contributed by atoms with van der Waals surface area (Å²) < 4.78 is 0. The lowest BCUT2D eigenvalue weighted by Crippen LogP contribution is -2.39. The molecule has 0 fully saturated rings. The van der Waals surface area contributed by atoms with Crippen LogP contribution in [0.15, 0.2) is 42.5 Å². The highest BCUT2D eigenvalue weighted by Crippen LogP contribution is 2.40. The average Bonchev–Trinajstić information content (AvgIpc) is 2.45. The van der Waals surface area contributed by atoms with Gasteiger partial charge in [-0.25, -0.2) is 0 Å². The zero-order valence-electron chi connectivity index (χ0n) is 10.8. The molecule has 2 aromatic carbocycles. The van der Waals surface area contributed by atoms with Crippen molar-refractivity contribution in [2.24, 2.45) is 0 Å². The minimum atomic E-state index is 0.465. The standard InChI is InChI=1S/C17H16ClN/c18-15-7-3-6-12-8-9-19-11-14-5-2-1-4-13(14)10-16(19)17(12)15/h1-7,16H,8-11H2/t16-/m0/s1. The number of halogens is 1. The number of hydrogen-bond donors (Lipinski definition) is 0. The average molecular weight is 270 g/mol. The van der Waals surface area contributed by atoms with Crippen LogP contribution in [-0.2, 0) is 19.4 Å². The molecule has 0 unspecified atom stereocenters. The molecule has 0 radical (unpaired) electrons. The zero-order chi connectivity index (χ0) is 12.8. The van der Waals surface area contributed by atoms with Crippen LogP contribution in [-0.4, -0.2) is 11.4 Å². The van der Waals surface area contributed by atoms with Crippen molar-refractivity contribution >= 4 is 11.6 Å². The van der Waals surface area contributed by atoms with Crippen molar-refractivity contribution in [3.8, 4) is 0 Å². The normalized spacial score (nSPS) is 21.4. The Kier molecular flexibility index (Phi) is 2.64. The molecule has 0 saturated heterocycles. The van der Waals surface area contributed by atoms with Crippen molar-refractivity contribution < 1.29 is 0 Å². The van der Waals surface area contributed by atoms with Gasteiger partial charge in [-0.3, -0.25) is 4.90 Å². The molecule has 2 aromatic rings. The van der Waals surface area contributed by atoms with E-state index in [0.717, 1.165) is 31.0 Å². The lowest BCUT2D eigenvalue weighted by Gasteiger charge is -2.41. The Bertz CT molecular complexity index is 635. The SMILES string of the molecule is Clc1cccc2c1[C@@H]1Cc3ccccc3CN1CC2. The second-order valence-electron chi connectivity index (χ2n) is 5.52. The molecule has 0 saturated carbocycles. The van der Waals surface area contributed by atoms with Crippen LogP contribution in [0.3, 0.4) is 0 Å². The van der Waals surface area contributed by atoms with Crippen LogP contribution in [0, 0.1) is 0 Å². The summed E-state index contributed by atoms with van der Waals surface area (Å²) >= 11 is 6.46. The van der Waals surface area contributed by atoms with E-state index >= 15 is 0 Å². The molecule has 0 bridgehead atoms. The number of rotatable bonds is 0. The largest absolute Gasteiger partial charge is 0.291 e. The highest BCUT2D eigenvalue weighted by atomic mass is 35.5. The quantitative estimate of drug-likeness (QED) is 0.699. The minimum Gasteiger partial charge on any atom is -0.291 e. The highest BCUT2D eigenvalue weighted by molar-refractivity contribution is 6.31. The third kappa shape index (κ3) is 1.80. The molecule has 0 aliphatic carbocycles. The molecule has 19 heavy (non-hydrogen) atoms. The van der Waals surface area contributed by atoms with Crippen LogP contribution in [0.4, 0.5) is 0 Å². The molecule has 4 rings (SSSR count). The monoisotopic (exact) mass is 269 g/mol. The van der Waals surface area contributed by atoms with Gasteiger partial charge in [0.2, 0.25) is 0 Å². The smallest absolute Gasteiger partial charge is 0.0456 e. The first-order chi connectivity index (χ1) is 9.33. The summed E-state index contributed by atoms with van der Waals surface area (Å²) in [6.45, 7) is 2.21. The molecule has 0 N–H and O–H groups in total. The van der Waals surface area contributed by atoms with E-state index in [1.54, 1.807) is 0 Å². The fourth-order valence-corrected chi connectivity index (χ4v) is 3.85. The van der Waals surface area contributed by atoms with E-state index in [1.807, 2.05) is 6.07 Å². The minimum absolute atomic E-state index is 0.465. The molecule has 2 aliphatic rings. The first kappa shape index (κ1) is 11.5. The Morgan fingerprint density at radius 1 is 0.947 bits per heavy atom. The lowest BCUT2D eigenvalue weighted by molar-refractivity contribution is 0.161. The maximum Gasteiger partial charge on any atom is 0.0456 e. The van der Waals surface area contributed by atoms with Gasteiger partial charge in [0.15, 0.2) is 0 Å². The van der Waals surface area contributed by atoms with E-state index in [2.05, 4.69) is 41.3 Å². The Hall–Kier alpha value is -1.31. The van der Waals surface area contributed by atoms with Gasteiger partial charge in [0.05, 0.1) is 0 Å². The summed E-state index contributed by atoms with van der Waals surface area (Å²) in [5.74, 6) is 0. The zero-order valence-corrected chi connectivity index (χ0v) is 11.5. The van der Waals surface area contributed by atoms with E-state index in [9.17, 15) is 0 Å². The molecule has 2 heterocycles. The van der Waals surface area contributed by atoms with Crippen molar-refractivity contribution in [3.05, 3.63) is 69.7 Å². The van der Waals surface area contributed by atoms with Gasteiger partial charge < -0.3 is 0 Å². The van der Waals surface area contributed by atoms with Crippen molar-refractivity contribution in [1.82, 2.24) is 4.90 Å². The molecule has 2 aliphatic heterocycles. The van der Waals surface area contributed by atoms with Crippen LogP contribution >= 0.6 is 11.6 Å². The van der Waals surface area contributed by atoms with Gasteiger partial charge in [0.25, 0.3) is 0 Å². The van der Waals surface area contributed by atoms with Crippen LogP contribution in [0.25, 0.3) is 0 Å². The van der Waals surface area contributed by atoms with E-state index < -0.39 is 0 Å². The summed E-state index contributed by atoms with van der Waals surface area (Å²) in [6.07, 6.45) is 2.21. The number of benzene rings is 2. The molecule has 0 aromatic heterocycles. The van der Waals surface area contributed by atoms with Crippen LogP contribution in [0.5, 0.6) is 0 Å². The number of fused-ring (bicyclic) bond motifs is 4. The Balaban J connectivity index is 1.82. The van der Waals surface area contributed by atoms with Crippen molar-refractivity contribution in [2.75, 3.05) is 6.54 Å². The molecule has 1 atom stereocenters. The summed E-state index contributed by atoms with van der Waals surface area (Å²) in [5.41, 5.74) is 5.77. The Morgan fingerprint density at radius 2 is 1.74 bits per heavy atom. The van der Waals surface area contributed by atoms with Crippen LogP contribution in [0.1, 0.15) is 28.3 Å². The van der Waals surface area contributed by atoms with Gasteiger partial charge in [0, 0.05) is 24.2 Å². The molecular formula is C17H16ClN. The molecular weight excluding hydrogens is 254 g/mol. The first-order valence-corrected chi connectivity index (χ1v) is 7.29. The molecule has 96 valence electrons. The molecule has 1 nitrogen and oxygen atoms in total. The Morgan fingerprint density at radius 3 is 2.63 bits per heavy atom. The number of hydrogen-bond acceptors (Lipinski definition) is 1. The molecule has 0 amide bonds. The highest BCUT2D eigenvalue weighted by Gasteiger charge is 2.32. The first-order valence-electron chi connectivity index (χ1n) is 6.91. The second kappa shape index (κ2) is 4.36. The summed E-state index contributed by atoms with van der Waals surface area (Å²) in [7, 11) is 0. The van der Waals surface area contributed by atoms with Gasteiger partial charge in [-0.1, -0.05) is 48.0 Å². The maximum atomic E-state index is 6.46.